The Labute approximate surface area is 156 Å². The summed E-state index contributed by atoms with van der Waals surface area (Å²) in [6, 6.07) is 14.9. The van der Waals surface area contributed by atoms with Crippen LogP contribution in [0.4, 0.5) is 5.69 Å². The third kappa shape index (κ3) is 3.88. The number of hydroxylamine groups is 1. The van der Waals surface area contributed by atoms with Gasteiger partial charge in [0, 0.05) is 24.7 Å². The average molecular weight is 368 g/mol. The van der Waals surface area contributed by atoms with Crippen LogP contribution in [0.1, 0.15) is 12.0 Å². The Bertz CT molecular complexity index is 840. The molecule has 1 unspecified atom stereocenters. The van der Waals surface area contributed by atoms with E-state index in [2.05, 4.69) is 5.48 Å². The van der Waals surface area contributed by atoms with E-state index in [-0.39, 0.29) is 24.8 Å². The number of carbonyl (C=O) groups excluding carboxylic acids is 2. The number of amides is 2. The molecule has 140 valence electrons. The van der Waals surface area contributed by atoms with Crippen molar-refractivity contribution < 1.29 is 23.9 Å². The van der Waals surface area contributed by atoms with Crippen LogP contribution in [-0.4, -0.2) is 31.6 Å². The highest BCUT2D eigenvalue weighted by atomic mass is 16.6. The number of anilines is 1. The van der Waals surface area contributed by atoms with E-state index in [1.807, 2.05) is 30.3 Å². The van der Waals surface area contributed by atoms with Gasteiger partial charge in [-0.25, -0.2) is 5.48 Å². The lowest BCUT2D eigenvalue weighted by molar-refractivity contribution is -0.138. The van der Waals surface area contributed by atoms with E-state index in [0.717, 1.165) is 5.56 Å². The highest BCUT2D eigenvalue weighted by Gasteiger charge is 2.35. The van der Waals surface area contributed by atoms with Crippen molar-refractivity contribution in [3.63, 3.8) is 0 Å². The number of hydrogen-bond donors (Lipinski definition) is 1. The van der Waals surface area contributed by atoms with Crippen LogP contribution in [-0.2, 0) is 21.0 Å². The maximum atomic E-state index is 12.4. The molecule has 2 amide bonds. The van der Waals surface area contributed by atoms with Crippen molar-refractivity contribution in [2.75, 3.05) is 24.7 Å². The lowest BCUT2D eigenvalue weighted by atomic mass is 10.1. The van der Waals surface area contributed by atoms with Crippen LogP contribution >= 0.6 is 0 Å². The second kappa shape index (κ2) is 7.67. The molecule has 2 aliphatic heterocycles. The topological polar surface area (TPSA) is 77.1 Å². The van der Waals surface area contributed by atoms with Gasteiger partial charge in [0.1, 0.15) is 13.2 Å². The molecule has 4 rings (SSSR count). The molecule has 0 radical (unpaired) electrons. The molecule has 1 saturated heterocycles. The normalized spacial score (nSPS) is 18.4. The smallest absolute Gasteiger partial charge is 0.248 e. The largest absolute Gasteiger partial charge is 0.486 e. The van der Waals surface area contributed by atoms with Gasteiger partial charge < -0.3 is 14.4 Å². The first kappa shape index (κ1) is 17.4. The second-order valence-electron chi connectivity index (χ2n) is 6.47. The third-order valence-electron chi connectivity index (χ3n) is 4.59. The Morgan fingerprint density at radius 1 is 1.11 bits per heavy atom. The Kier molecular flexibility index (Phi) is 4.93. The Hall–Kier alpha value is -3.06. The van der Waals surface area contributed by atoms with E-state index in [1.54, 1.807) is 23.1 Å². The van der Waals surface area contributed by atoms with E-state index in [0.29, 0.717) is 36.9 Å². The molecule has 27 heavy (non-hydrogen) atoms. The van der Waals surface area contributed by atoms with Gasteiger partial charge in [0.25, 0.3) is 0 Å². The van der Waals surface area contributed by atoms with Gasteiger partial charge >= 0.3 is 0 Å². The van der Waals surface area contributed by atoms with E-state index < -0.39 is 5.92 Å². The van der Waals surface area contributed by atoms with Gasteiger partial charge in [-0.05, 0) is 17.7 Å². The highest BCUT2D eigenvalue weighted by Crippen LogP contribution is 2.35. The molecule has 1 atom stereocenters. The fourth-order valence-corrected chi connectivity index (χ4v) is 3.18. The standard InChI is InChI=1S/C20H20N2O5/c23-19-10-15(20(24)21-27-13-14-4-2-1-3-5-14)12-22(19)16-6-7-17-18(11-16)26-9-8-25-17/h1-7,11,15H,8-10,12-13H2,(H,21,24). The molecule has 2 aromatic carbocycles. The van der Waals surface area contributed by atoms with Crippen molar-refractivity contribution in [1.29, 1.82) is 0 Å². The molecule has 1 N–H and O–H groups in total. The molecule has 0 aromatic heterocycles. The fraction of sp³-hybridized carbons (Fsp3) is 0.300. The van der Waals surface area contributed by atoms with Gasteiger partial charge in [-0.15, -0.1) is 0 Å². The van der Waals surface area contributed by atoms with Crippen LogP contribution in [0.3, 0.4) is 0 Å². The van der Waals surface area contributed by atoms with Crippen molar-refractivity contribution in [2.24, 2.45) is 5.92 Å². The van der Waals surface area contributed by atoms with Crippen LogP contribution in [0.2, 0.25) is 0 Å². The van der Waals surface area contributed by atoms with Crippen LogP contribution in [0.25, 0.3) is 0 Å². The molecule has 1 fully saturated rings. The minimum Gasteiger partial charge on any atom is -0.486 e. The van der Waals surface area contributed by atoms with Crippen LogP contribution in [0.15, 0.2) is 48.5 Å². The first-order valence-corrected chi connectivity index (χ1v) is 8.86. The van der Waals surface area contributed by atoms with Gasteiger partial charge in [0.2, 0.25) is 11.8 Å². The van der Waals surface area contributed by atoms with Crippen molar-refractivity contribution in [1.82, 2.24) is 5.48 Å². The molecular weight excluding hydrogens is 348 g/mol. The monoisotopic (exact) mass is 368 g/mol. The summed E-state index contributed by atoms with van der Waals surface area (Å²) in [4.78, 5) is 31.6. The van der Waals surface area contributed by atoms with Gasteiger partial charge in [-0.1, -0.05) is 30.3 Å². The number of benzene rings is 2. The first-order valence-electron chi connectivity index (χ1n) is 8.86. The lowest BCUT2D eigenvalue weighted by Crippen LogP contribution is -2.33. The molecule has 7 heteroatoms. The minimum absolute atomic E-state index is 0.102. The molecule has 2 aromatic rings. The number of fused-ring (bicyclic) bond motifs is 1. The molecular formula is C20H20N2O5. The predicted octanol–water partition coefficient (Wildman–Crippen LogP) is 2.06. The molecule has 0 saturated carbocycles. The number of rotatable bonds is 5. The van der Waals surface area contributed by atoms with Crippen molar-refractivity contribution in [2.45, 2.75) is 13.0 Å². The van der Waals surface area contributed by atoms with E-state index in [4.69, 9.17) is 14.3 Å². The molecule has 0 spiro atoms. The third-order valence-corrected chi connectivity index (χ3v) is 4.59. The SMILES string of the molecule is O=C(NOCc1ccccc1)C1CC(=O)N(c2ccc3c(c2)OCCO3)C1. The summed E-state index contributed by atoms with van der Waals surface area (Å²) in [6.07, 6.45) is 0.148. The lowest BCUT2D eigenvalue weighted by Gasteiger charge is -2.22. The number of nitrogens with zero attached hydrogens (tertiary/aromatic N) is 1. The number of ether oxygens (including phenoxy) is 2. The highest BCUT2D eigenvalue weighted by molar-refractivity contribution is 6.00. The van der Waals surface area contributed by atoms with Crippen molar-refractivity contribution in [3.05, 3.63) is 54.1 Å². The minimum atomic E-state index is -0.457. The predicted molar refractivity (Wildman–Crippen MR) is 97.3 cm³/mol. The average Bonchev–Trinajstić information content (AvgIpc) is 3.10. The first-order chi connectivity index (χ1) is 13.2. The zero-order chi connectivity index (χ0) is 18.6. The number of hydrogen-bond acceptors (Lipinski definition) is 5. The van der Waals surface area contributed by atoms with Crippen LogP contribution in [0.5, 0.6) is 11.5 Å². The second-order valence-corrected chi connectivity index (χ2v) is 6.47. The Morgan fingerprint density at radius 3 is 2.70 bits per heavy atom. The molecule has 2 heterocycles. The summed E-state index contributed by atoms with van der Waals surface area (Å²) in [5.74, 6) is 0.432. The van der Waals surface area contributed by atoms with E-state index in [1.165, 1.54) is 0 Å². The summed E-state index contributed by atoms with van der Waals surface area (Å²) in [6.45, 7) is 1.58. The van der Waals surface area contributed by atoms with Crippen molar-refractivity contribution >= 4 is 17.5 Å². The summed E-state index contributed by atoms with van der Waals surface area (Å²) in [5, 5.41) is 0. The zero-order valence-electron chi connectivity index (χ0n) is 14.7. The molecule has 7 nitrogen and oxygen atoms in total. The Morgan fingerprint density at radius 2 is 1.89 bits per heavy atom. The van der Waals surface area contributed by atoms with E-state index in [9.17, 15) is 9.59 Å². The van der Waals surface area contributed by atoms with Gasteiger partial charge in [0.05, 0.1) is 12.5 Å². The Balaban J connectivity index is 1.35. The van der Waals surface area contributed by atoms with E-state index >= 15 is 0 Å². The number of carbonyl (C=O) groups is 2. The number of nitrogens with one attached hydrogen (secondary N) is 1. The quantitative estimate of drug-likeness (QED) is 0.818. The maximum Gasteiger partial charge on any atom is 0.248 e. The molecule has 2 aliphatic rings. The fourth-order valence-electron chi connectivity index (χ4n) is 3.18. The summed E-state index contributed by atoms with van der Waals surface area (Å²) >= 11 is 0. The van der Waals surface area contributed by atoms with Crippen molar-refractivity contribution in [3.8, 4) is 11.5 Å². The molecule has 0 aliphatic carbocycles. The van der Waals surface area contributed by atoms with Crippen LogP contribution in [0, 0.1) is 5.92 Å². The maximum absolute atomic E-state index is 12.4. The molecule has 0 bridgehead atoms. The van der Waals surface area contributed by atoms with Gasteiger partial charge in [-0.2, -0.15) is 0 Å². The van der Waals surface area contributed by atoms with Gasteiger partial charge in [0.15, 0.2) is 11.5 Å². The summed E-state index contributed by atoms with van der Waals surface area (Å²) < 4.78 is 11.1. The zero-order valence-corrected chi connectivity index (χ0v) is 14.7. The summed E-state index contributed by atoms with van der Waals surface area (Å²) in [7, 11) is 0. The van der Waals surface area contributed by atoms with Crippen LogP contribution < -0.4 is 19.9 Å². The summed E-state index contributed by atoms with van der Waals surface area (Å²) in [5.41, 5.74) is 4.11. The van der Waals surface area contributed by atoms with Gasteiger partial charge in [-0.3, -0.25) is 14.4 Å².